The van der Waals surface area contributed by atoms with Crippen molar-refractivity contribution in [2.24, 2.45) is 17.6 Å². The minimum Gasteiger partial charge on any atom is -0.391 e. The van der Waals surface area contributed by atoms with Gasteiger partial charge in [-0.15, -0.1) is 0 Å². The fraction of sp³-hybridized carbons (Fsp3) is 0.500. The molecule has 7 N–H and O–H groups in total. The molecule has 268 valence electrons. The van der Waals surface area contributed by atoms with Gasteiger partial charge in [-0.1, -0.05) is 58.0 Å². The first-order valence-corrected chi connectivity index (χ1v) is 16.1. The summed E-state index contributed by atoms with van der Waals surface area (Å²) in [5.74, 6) is -4.31. The number of quaternary nitrogens is 1. The van der Waals surface area contributed by atoms with E-state index in [1.54, 1.807) is 65.3 Å². The zero-order chi connectivity index (χ0) is 37.2. The molecule has 0 bridgehead atoms. The van der Waals surface area contributed by atoms with Crippen molar-refractivity contribution in [3.05, 3.63) is 69.8 Å². The van der Waals surface area contributed by atoms with Crippen LogP contribution in [-0.2, 0) is 25.6 Å². The van der Waals surface area contributed by atoms with E-state index in [4.69, 9.17) is 5.73 Å². The van der Waals surface area contributed by atoms with Crippen molar-refractivity contribution in [2.75, 3.05) is 21.1 Å². The molecule has 2 aromatic rings. The fourth-order valence-electron chi connectivity index (χ4n) is 5.10. The highest BCUT2D eigenvalue weighted by Crippen LogP contribution is 2.31. The second-order valence-electron chi connectivity index (χ2n) is 13.7. The van der Waals surface area contributed by atoms with Gasteiger partial charge in [-0.2, -0.15) is 0 Å². The molecule has 0 heterocycles. The zero-order valence-electron chi connectivity index (χ0n) is 29.4. The summed E-state index contributed by atoms with van der Waals surface area (Å²) >= 11 is 0. The molecule has 0 spiro atoms. The lowest BCUT2D eigenvalue weighted by molar-refractivity contribution is -0.384. The molecule has 15 heteroatoms. The highest BCUT2D eigenvalue weighted by Gasteiger charge is 2.35. The number of nitro benzene ring substituents is 1. The lowest BCUT2D eigenvalue weighted by atomic mass is 9.99. The van der Waals surface area contributed by atoms with Crippen molar-refractivity contribution in [3.63, 3.8) is 0 Å². The molecule has 5 amide bonds. The number of carbonyl (C=O) groups is 5. The van der Waals surface area contributed by atoms with Crippen LogP contribution in [0.2, 0.25) is 0 Å². The Kier molecular flexibility index (Phi) is 14.4. The summed E-state index contributed by atoms with van der Waals surface area (Å²) in [5.41, 5.74) is 6.19. The molecule has 0 unspecified atom stereocenters. The van der Waals surface area contributed by atoms with Crippen LogP contribution in [0.1, 0.15) is 57.0 Å². The Morgan fingerprint density at radius 1 is 0.816 bits per heavy atom. The van der Waals surface area contributed by atoms with Gasteiger partial charge in [0.25, 0.3) is 5.91 Å². The lowest BCUT2D eigenvalue weighted by Crippen LogP contribution is -2.61. The van der Waals surface area contributed by atoms with E-state index in [1.807, 2.05) is 13.8 Å². The Morgan fingerprint density at radius 3 is 1.88 bits per heavy atom. The Bertz CT molecular complexity index is 1510. The van der Waals surface area contributed by atoms with Gasteiger partial charge >= 0.3 is 5.69 Å². The molecule has 5 atom stereocenters. The fourth-order valence-corrected chi connectivity index (χ4v) is 5.10. The van der Waals surface area contributed by atoms with Gasteiger partial charge < -0.3 is 32.1 Å². The first kappa shape index (κ1) is 40.3. The van der Waals surface area contributed by atoms with E-state index in [0.717, 1.165) is 11.6 Å². The van der Waals surface area contributed by atoms with E-state index >= 15 is 0 Å². The molecular formula is C34H50N7O8+. The van der Waals surface area contributed by atoms with Crippen molar-refractivity contribution < 1.29 is 34.0 Å². The van der Waals surface area contributed by atoms with E-state index in [9.17, 15) is 39.2 Å². The van der Waals surface area contributed by atoms with Crippen LogP contribution in [0.3, 0.4) is 0 Å². The summed E-state index contributed by atoms with van der Waals surface area (Å²) in [6.07, 6.45) is -1.07. The van der Waals surface area contributed by atoms with Gasteiger partial charge in [-0.25, -0.2) is 0 Å². The molecule has 0 aromatic heterocycles. The van der Waals surface area contributed by atoms with Crippen molar-refractivity contribution in [1.82, 2.24) is 25.8 Å². The minimum atomic E-state index is -1.55. The number of nitrogens with two attached hydrogens (primary N) is 1. The predicted molar refractivity (Wildman–Crippen MR) is 185 cm³/mol. The first-order chi connectivity index (χ1) is 22.7. The number of nitrogens with one attached hydrogen (secondary N) is 4. The number of amides is 5. The van der Waals surface area contributed by atoms with E-state index in [1.165, 1.54) is 19.1 Å². The minimum absolute atomic E-state index is 0.0417. The maximum Gasteiger partial charge on any atom is 0.330 e. The number of hydrogen-bond acceptors (Lipinski definition) is 8. The average Bonchev–Trinajstić information content (AvgIpc) is 3.00. The topological polar surface area (TPSA) is 223 Å². The zero-order valence-corrected chi connectivity index (χ0v) is 29.4. The van der Waals surface area contributed by atoms with Crippen LogP contribution in [0.4, 0.5) is 11.4 Å². The Hall–Kier alpha value is -4.89. The summed E-state index contributed by atoms with van der Waals surface area (Å²) in [6, 6.07) is 7.92. The Morgan fingerprint density at radius 2 is 1.39 bits per heavy atom. The molecule has 0 aliphatic rings. The van der Waals surface area contributed by atoms with Crippen LogP contribution >= 0.6 is 0 Å². The molecule has 0 saturated heterocycles. The number of nitro groups is 1. The Labute approximate surface area is 286 Å². The van der Waals surface area contributed by atoms with Gasteiger partial charge in [0.15, 0.2) is 0 Å². The normalized spacial score (nSPS) is 14.6. The number of primary amides is 1. The molecule has 0 saturated carbocycles. The highest BCUT2D eigenvalue weighted by atomic mass is 16.6. The number of carbonyl (C=O) groups excluding carboxylic acids is 5. The number of hydrogen-bond donors (Lipinski definition) is 6. The van der Waals surface area contributed by atoms with E-state index in [-0.39, 0.29) is 34.5 Å². The molecule has 2 aromatic carbocycles. The van der Waals surface area contributed by atoms with Crippen LogP contribution in [0.15, 0.2) is 48.5 Å². The maximum atomic E-state index is 13.7. The predicted octanol–water partition coefficient (Wildman–Crippen LogP) is 1.16. The summed E-state index contributed by atoms with van der Waals surface area (Å²) in [4.78, 5) is 76.9. The average molecular weight is 685 g/mol. The van der Waals surface area contributed by atoms with Crippen LogP contribution in [0, 0.1) is 22.0 Å². The number of rotatable bonds is 17. The molecule has 0 aliphatic heterocycles. The molecular weight excluding hydrogens is 634 g/mol. The van der Waals surface area contributed by atoms with Crippen molar-refractivity contribution in [1.29, 1.82) is 0 Å². The standard InChI is InChI=1S/C34H49N7O8/c1-19(2)16-24(30(35)43)36-32(45)25(17-22-12-10-9-11-13-22)37-33(46)28(20(3)4)38-34(47)29(21(5)42)39-31(44)23-14-15-27(41(6,7)8)26(18-23)40(48)49/h9-15,18-21,24-25,28-29,42H,16-17H2,1-8H3,(H5-,35,36,37,38,39,43,44,45,46,47)/p+1/t21-,24+,25+,28+,29+/m1/s1. The van der Waals surface area contributed by atoms with Gasteiger partial charge in [0.1, 0.15) is 24.2 Å². The van der Waals surface area contributed by atoms with E-state index in [2.05, 4.69) is 21.3 Å². The van der Waals surface area contributed by atoms with E-state index < -0.39 is 70.6 Å². The van der Waals surface area contributed by atoms with Crippen LogP contribution < -0.4 is 31.5 Å². The Balaban J connectivity index is 2.31. The van der Waals surface area contributed by atoms with Crippen LogP contribution in [0.5, 0.6) is 0 Å². The van der Waals surface area contributed by atoms with Crippen molar-refractivity contribution in [2.45, 2.75) is 77.7 Å². The second-order valence-corrected chi connectivity index (χ2v) is 13.7. The maximum absolute atomic E-state index is 13.7. The lowest BCUT2D eigenvalue weighted by Gasteiger charge is -2.29. The van der Waals surface area contributed by atoms with E-state index in [0.29, 0.717) is 5.69 Å². The summed E-state index contributed by atoms with van der Waals surface area (Å²) in [6.45, 7) is 8.33. The third kappa shape index (κ3) is 11.9. The number of benzene rings is 2. The van der Waals surface area contributed by atoms with Crippen LogP contribution in [-0.4, -0.2) is 91.0 Å². The number of aliphatic hydroxyl groups is 1. The van der Waals surface area contributed by atoms with Gasteiger partial charge in [0.2, 0.25) is 29.3 Å². The molecule has 0 fully saturated rings. The van der Waals surface area contributed by atoms with Gasteiger partial charge in [0, 0.05) is 24.1 Å². The molecule has 2 rings (SSSR count). The monoisotopic (exact) mass is 684 g/mol. The molecule has 0 aliphatic carbocycles. The van der Waals surface area contributed by atoms with Gasteiger partial charge in [0.05, 0.1) is 32.2 Å². The summed E-state index contributed by atoms with van der Waals surface area (Å²) in [7, 11) is 5.20. The van der Waals surface area contributed by atoms with Gasteiger partial charge in [-0.3, -0.25) is 38.6 Å². The first-order valence-electron chi connectivity index (χ1n) is 16.1. The van der Waals surface area contributed by atoms with Crippen LogP contribution in [0.25, 0.3) is 0 Å². The number of aliphatic hydroxyl groups excluding tert-OH is 1. The highest BCUT2D eigenvalue weighted by molar-refractivity contribution is 6.00. The second kappa shape index (κ2) is 17.5. The molecule has 15 nitrogen and oxygen atoms in total. The van der Waals surface area contributed by atoms with Crippen molar-refractivity contribution in [3.8, 4) is 0 Å². The van der Waals surface area contributed by atoms with Crippen molar-refractivity contribution >= 4 is 40.9 Å². The third-order valence-electron chi connectivity index (χ3n) is 7.74. The molecule has 0 radical (unpaired) electrons. The smallest absolute Gasteiger partial charge is 0.330 e. The summed E-state index contributed by atoms with van der Waals surface area (Å²) in [5, 5.41) is 32.5. The number of nitrogens with zero attached hydrogens (tertiary/aromatic N) is 2. The van der Waals surface area contributed by atoms with Gasteiger partial charge in [-0.05, 0) is 36.8 Å². The summed E-state index contributed by atoms with van der Waals surface area (Å²) < 4.78 is 0.118. The quantitative estimate of drug-likeness (QED) is 0.0804. The SMILES string of the molecule is CC(C)C[C@H](NC(=O)[C@H](Cc1ccccc1)NC(=O)[C@@H](NC(=O)[C@@H](NC(=O)c1ccc([N+](C)(C)C)c([N+](=O)[O-])c1)[C@@H](C)O)C(C)C)C(N)=O. The third-order valence-corrected chi connectivity index (χ3v) is 7.74. The molecule has 49 heavy (non-hydrogen) atoms. The largest absolute Gasteiger partial charge is 0.391 e.